The Balaban J connectivity index is 1.85. The highest BCUT2D eigenvalue weighted by Crippen LogP contribution is 2.19. The molecule has 4 nitrogen and oxygen atoms in total. The van der Waals surface area contributed by atoms with Crippen molar-refractivity contribution in [3.8, 4) is 0 Å². The molecule has 0 saturated heterocycles. The Hall–Kier alpha value is -2.62. The van der Waals surface area contributed by atoms with Crippen molar-refractivity contribution in [2.45, 2.75) is 6.61 Å². The smallest absolute Gasteiger partial charge is 0.339 e. The number of rotatable bonds is 3. The fourth-order valence-electron chi connectivity index (χ4n) is 1.93. The first-order valence-electron chi connectivity index (χ1n) is 5.89. The second-order valence-electron chi connectivity index (χ2n) is 4.09. The Kier molecular flexibility index (Phi) is 2.98. The van der Waals surface area contributed by atoms with Gasteiger partial charge in [-0.1, -0.05) is 41.6 Å². The maximum absolute atomic E-state index is 12.1. The summed E-state index contributed by atoms with van der Waals surface area (Å²) in [7, 11) is 0. The molecule has 4 heteroatoms. The van der Waals surface area contributed by atoms with Gasteiger partial charge in [-0.25, -0.2) is 4.79 Å². The molecular weight excluding hydrogens is 242 g/mol. The second kappa shape index (κ2) is 4.94. The number of nitrogens with zero attached hydrogens (tertiary/aromatic N) is 1. The van der Waals surface area contributed by atoms with Crippen molar-refractivity contribution < 1.29 is 14.1 Å². The van der Waals surface area contributed by atoms with Gasteiger partial charge in [0, 0.05) is 6.07 Å². The first-order valence-corrected chi connectivity index (χ1v) is 5.89. The lowest BCUT2D eigenvalue weighted by Gasteiger charge is -2.06. The van der Waals surface area contributed by atoms with E-state index in [1.165, 1.54) is 6.26 Å². The zero-order valence-electron chi connectivity index (χ0n) is 10.1. The minimum absolute atomic E-state index is 0.110. The monoisotopic (exact) mass is 253 g/mol. The van der Waals surface area contributed by atoms with Gasteiger partial charge in [-0.2, -0.15) is 0 Å². The summed E-state index contributed by atoms with van der Waals surface area (Å²) in [5.74, 6) is -0.361. The normalized spacial score (nSPS) is 10.5. The average Bonchev–Trinajstić information content (AvgIpc) is 2.97. The van der Waals surface area contributed by atoms with Crippen molar-refractivity contribution >= 4 is 16.7 Å². The van der Waals surface area contributed by atoms with Gasteiger partial charge in [-0.15, -0.1) is 0 Å². The first-order chi connectivity index (χ1) is 9.34. The van der Waals surface area contributed by atoms with E-state index in [9.17, 15) is 4.79 Å². The van der Waals surface area contributed by atoms with Gasteiger partial charge in [0.1, 0.15) is 18.6 Å². The SMILES string of the molecule is O=C(OCc1ccon1)c1cccc2ccccc12. The number of ether oxygens (including phenoxy) is 1. The Bertz CT molecular complexity index is 699. The predicted molar refractivity (Wildman–Crippen MR) is 69.6 cm³/mol. The van der Waals surface area contributed by atoms with Gasteiger partial charge in [0.05, 0.1) is 5.56 Å². The topological polar surface area (TPSA) is 52.3 Å². The third kappa shape index (κ3) is 2.33. The Morgan fingerprint density at radius 3 is 2.79 bits per heavy atom. The minimum atomic E-state index is -0.361. The second-order valence-corrected chi connectivity index (χ2v) is 4.09. The highest BCUT2D eigenvalue weighted by atomic mass is 16.5. The van der Waals surface area contributed by atoms with E-state index >= 15 is 0 Å². The molecule has 3 rings (SSSR count). The zero-order chi connectivity index (χ0) is 13.1. The van der Waals surface area contributed by atoms with Gasteiger partial charge in [0.15, 0.2) is 0 Å². The van der Waals surface area contributed by atoms with Crippen molar-refractivity contribution in [2.24, 2.45) is 0 Å². The summed E-state index contributed by atoms with van der Waals surface area (Å²) in [5.41, 5.74) is 1.15. The van der Waals surface area contributed by atoms with Crippen LogP contribution in [0.1, 0.15) is 16.1 Å². The molecule has 1 aromatic heterocycles. The largest absolute Gasteiger partial charge is 0.455 e. The molecular formula is C15H11NO3. The van der Waals surface area contributed by atoms with Gasteiger partial charge in [0.25, 0.3) is 0 Å². The number of hydrogen-bond acceptors (Lipinski definition) is 4. The molecule has 0 atom stereocenters. The summed E-state index contributed by atoms with van der Waals surface area (Å²) >= 11 is 0. The lowest BCUT2D eigenvalue weighted by molar-refractivity contribution is 0.0466. The van der Waals surface area contributed by atoms with Gasteiger partial charge >= 0.3 is 5.97 Å². The molecule has 3 aromatic rings. The van der Waals surface area contributed by atoms with Crippen molar-refractivity contribution in [2.75, 3.05) is 0 Å². The molecule has 0 aliphatic carbocycles. The van der Waals surface area contributed by atoms with Gasteiger partial charge in [-0.05, 0) is 16.8 Å². The average molecular weight is 253 g/mol. The lowest BCUT2D eigenvalue weighted by Crippen LogP contribution is -2.06. The molecule has 0 saturated carbocycles. The molecule has 0 unspecified atom stereocenters. The number of aromatic nitrogens is 1. The molecule has 0 aliphatic rings. The summed E-state index contributed by atoms with van der Waals surface area (Å²) in [6.45, 7) is 0.110. The van der Waals surface area contributed by atoms with Crippen LogP contribution >= 0.6 is 0 Å². The van der Waals surface area contributed by atoms with Crippen LogP contribution in [0.4, 0.5) is 0 Å². The van der Waals surface area contributed by atoms with Crippen LogP contribution in [0, 0.1) is 0 Å². The molecule has 0 spiro atoms. The van der Waals surface area contributed by atoms with Crippen LogP contribution in [0.5, 0.6) is 0 Å². The van der Waals surface area contributed by atoms with E-state index in [0.29, 0.717) is 11.3 Å². The number of carbonyl (C=O) groups is 1. The number of esters is 1. The standard InChI is InChI=1S/C15H11NO3/c17-15(18-10-12-8-9-19-16-12)14-7-3-5-11-4-1-2-6-13(11)14/h1-9H,10H2. The van der Waals surface area contributed by atoms with Crippen LogP contribution in [0.15, 0.2) is 59.3 Å². The summed E-state index contributed by atoms with van der Waals surface area (Å²) in [4.78, 5) is 12.1. The van der Waals surface area contributed by atoms with E-state index in [-0.39, 0.29) is 12.6 Å². The molecule has 0 aliphatic heterocycles. The maximum Gasteiger partial charge on any atom is 0.339 e. The third-order valence-corrected chi connectivity index (χ3v) is 2.85. The number of benzene rings is 2. The Labute approximate surface area is 109 Å². The molecule has 0 amide bonds. The fourth-order valence-corrected chi connectivity index (χ4v) is 1.93. The van der Waals surface area contributed by atoms with Crippen LogP contribution < -0.4 is 0 Å². The highest BCUT2D eigenvalue weighted by molar-refractivity contribution is 6.04. The third-order valence-electron chi connectivity index (χ3n) is 2.85. The molecule has 1 heterocycles. The predicted octanol–water partition coefficient (Wildman–Crippen LogP) is 3.18. The lowest BCUT2D eigenvalue weighted by atomic mass is 10.1. The van der Waals surface area contributed by atoms with Crippen molar-refractivity contribution in [3.63, 3.8) is 0 Å². The summed E-state index contributed by atoms with van der Waals surface area (Å²) in [5, 5.41) is 5.59. The summed E-state index contributed by atoms with van der Waals surface area (Å²) < 4.78 is 9.90. The molecule has 94 valence electrons. The van der Waals surface area contributed by atoms with Crippen molar-refractivity contribution in [1.82, 2.24) is 5.16 Å². The van der Waals surface area contributed by atoms with Gasteiger partial charge in [-0.3, -0.25) is 0 Å². The van der Waals surface area contributed by atoms with Crippen LogP contribution in [0.3, 0.4) is 0 Å². The minimum Gasteiger partial charge on any atom is -0.455 e. The quantitative estimate of drug-likeness (QED) is 0.673. The molecule has 19 heavy (non-hydrogen) atoms. The van der Waals surface area contributed by atoms with E-state index in [1.54, 1.807) is 12.1 Å². The molecule has 0 fully saturated rings. The van der Waals surface area contributed by atoms with Gasteiger partial charge < -0.3 is 9.26 Å². The van der Waals surface area contributed by atoms with Crippen molar-refractivity contribution in [3.05, 3.63) is 66.1 Å². The molecule has 0 N–H and O–H groups in total. The van der Waals surface area contributed by atoms with E-state index in [2.05, 4.69) is 9.68 Å². The van der Waals surface area contributed by atoms with E-state index in [1.807, 2.05) is 36.4 Å². The van der Waals surface area contributed by atoms with Gasteiger partial charge in [0.2, 0.25) is 0 Å². The molecule has 2 aromatic carbocycles. The van der Waals surface area contributed by atoms with Crippen LogP contribution in [-0.4, -0.2) is 11.1 Å². The van der Waals surface area contributed by atoms with E-state index < -0.39 is 0 Å². The van der Waals surface area contributed by atoms with Crippen LogP contribution in [0.2, 0.25) is 0 Å². The van der Waals surface area contributed by atoms with Crippen LogP contribution in [-0.2, 0) is 11.3 Å². The van der Waals surface area contributed by atoms with Crippen LogP contribution in [0.25, 0.3) is 10.8 Å². The molecule has 0 radical (unpaired) electrons. The summed E-state index contributed by atoms with van der Waals surface area (Å²) in [6, 6.07) is 14.9. The fraction of sp³-hybridized carbons (Fsp3) is 0.0667. The van der Waals surface area contributed by atoms with E-state index in [4.69, 9.17) is 4.74 Å². The van der Waals surface area contributed by atoms with Crippen molar-refractivity contribution in [1.29, 1.82) is 0 Å². The first kappa shape index (κ1) is 11.5. The maximum atomic E-state index is 12.1. The zero-order valence-corrected chi connectivity index (χ0v) is 10.1. The number of hydrogen-bond donors (Lipinski definition) is 0. The Morgan fingerprint density at radius 2 is 1.95 bits per heavy atom. The van der Waals surface area contributed by atoms with E-state index in [0.717, 1.165) is 10.8 Å². The molecule has 0 bridgehead atoms. The summed E-state index contributed by atoms with van der Waals surface area (Å²) in [6.07, 6.45) is 1.45. The number of fused-ring (bicyclic) bond motifs is 1. The number of carbonyl (C=O) groups excluding carboxylic acids is 1. The Morgan fingerprint density at radius 1 is 1.11 bits per heavy atom. The highest BCUT2D eigenvalue weighted by Gasteiger charge is 2.11.